The minimum Gasteiger partial charge on any atom is -0.394 e. The van der Waals surface area contributed by atoms with E-state index in [1.54, 1.807) is 0 Å². The summed E-state index contributed by atoms with van der Waals surface area (Å²) in [5.74, 6) is -0.707. The van der Waals surface area contributed by atoms with Gasteiger partial charge in [-0.25, -0.2) is 0 Å². The van der Waals surface area contributed by atoms with Gasteiger partial charge in [0.05, 0.1) is 25.4 Å². The molecule has 79 heavy (non-hydrogen) atoms. The van der Waals surface area contributed by atoms with E-state index in [9.17, 15) is 40.5 Å². The third-order valence-electron chi connectivity index (χ3n) is 16.4. The highest BCUT2D eigenvalue weighted by Gasteiger charge is 2.44. The molecule has 0 aromatic rings. The Labute approximate surface area is 486 Å². The zero-order chi connectivity index (χ0) is 57.5. The molecule has 0 spiro atoms. The molecule has 11 nitrogen and oxygen atoms in total. The average molecular weight is 1120 g/mol. The number of carbonyl (C=O) groups excluding carboxylic acids is 1. The van der Waals surface area contributed by atoms with Crippen LogP contribution in [-0.2, 0) is 14.3 Å². The van der Waals surface area contributed by atoms with Gasteiger partial charge in [-0.1, -0.05) is 294 Å². The maximum Gasteiger partial charge on any atom is 0.249 e. The Bertz CT molecular complexity index is 1380. The number of nitrogens with one attached hydrogen (secondary N) is 1. The van der Waals surface area contributed by atoms with Gasteiger partial charge in [-0.2, -0.15) is 0 Å². The van der Waals surface area contributed by atoms with Crippen molar-refractivity contribution in [1.82, 2.24) is 5.32 Å². The molecule has 466 valence electrons. The van der Waals surface area contributed by atoms with Crippen LogP contribution in [0.5, 0.6) is 0 Å². The first-order valence-corrected chi connectivity index (χ1v) is 33.9. The van der Waals surface area contributed by atoms with Crippen molar-refractivity contribution in [2.24, 2.45) is 0 Å². The van der Waals surface area contributed by atoms with E-state index in [1.807, 2.05) is 0 Å². The highest BCUT2D eigenvalue weighted by Crippen LogP contribution is 2.24. The molecular weight excluding hydrogens is 991 g/mol. The number of rotatable bonds is 59. The van der Waals surface area contributed by atoms with E-state index in [0.717, 1.165) is 44.9 Å². The molecule has 1 amide bonds. The Morgan fingerprint density at radius 1 is 0.430 bits per heavy atom. The molecule has 0 radical (unpaired) electrons. The zero-order valence-corrected chi connectivity index (χ0v) is 51.4. The van der Waals surface area contributed by atoms with Gasteiger partial charge in [0.1, 0.15) is 36.6 Å². The highest BCUT2D eigenvalue weighted by atomic mass is 16.7. The smallest absolute Gasteiger partial charge is 0.249 e. The highest BCUT2D eigenvalue weighted by molar-refractivity contribution is 5.80. The molecule has 0 aromatic carbocycles. The van der Waals surface area contributed by atoms with Gasteiger partial charge in [-0.15, -0.1) is 0 Å². The van der Waals surface area contributed by atoms with Crippen LogP contribution in [0, 0.1) is 0 Å². The summed E-state index contributed by atoms with van der Waals surface area (Å²) >= 11 is 0. The van der Waals surface area contributed by atoms with Crippen LogP contribution in [0.4, 0.5) is 0 Å². The maximum atomic E-state index is 13.2. The molecule has 0 aromatic heterocycles. The number of allylic oxidation sites excluding steroid dienone is 6. The van der Waals surface area contributed by atoms with E-state index in [0.29, 0.717) is 19.3 Å². The first kappa shape index (κ1) is 75.3. The van der Waals surface area contributed by atoms with Gasteiger partial charge in [-0.3, -0.25) is 4.79 Å². The normalized spacial score (nSPS) is 19.5. The van der Waals surface area contributed by atoms with Gasteiger partial charge in [-0.05, 0) is 64.2 Å². The van der Waals surface area contributed by atoms with E-state index in [1.165, 1.54) is 231 Å². The fraction of sp³-hybridized carbons (Fsp3) is 0.897. The molecule has 1 aliphatic heterocycles. The van der Waals surface area contributed by atoms with Crippen molar-refractivity contribution in [3.05, 3.63) is 36.5 Å². The van der Waals surface area contributed by atoms with Crippen molar-refractivity contribution in [2.45, 2.75) is 377 Å². The Morgan fingerprint density at radius 3 is 1.13 bits per heavy atom. The fourth-order valence-corrected chi connectivity index (χ4v) is 10.9. The van der Waals surface area contributed by atoms with Crippen molar-refractivity contribution >= 4 is 5.91 Å². The van der Waals surface area contributed by atoms with Crippen molar-refractivity contribution in [2.75, 3.05) is 13.2 Å². The SMILES string of the molecule is CCCCCCC/C=C/CC/C=C/CC/C=C/CCCC(O)C(O)C(COC1OC(CO)C(O)C(O)C1O)NC(=O)C(O)CCCCCCCCCCCCCCCCCCCCCCCCCCCCCCCCCCCC. The minimum atomic E-state index is -1.67. The predicted octanol–water partition coefficient (Wildman–Crippen LogP) is 15.8. The van der Waals surface area contributed by atoms with Crippen LogP contribution in [0.25, 0.3) is 0 Å². The molecule has 9 unspecified atom stereocenters. The average Bonchev–Trinajstić information content (AvgIpc) is 3.46. The van der Waals surface area contributed by atoms with Crippen LogP contribution < -0.4 is 5.32 Å². The summed E-state index contributed by atoms with van der Waals surface area (Å²) in [6.45, 7) is 3.46. The summed E-state index contributed by atoms with van der Waals surface area (Å²) in [6.07, 6.45) is 61.0. The quantitative estimate of drug-likeness (QED) is 0.0215. The topological polar surface area (TPSA) is 189 Å². The molecule has 1 rings (SSSR count). The summed E-state index contributed by atoms with van der Waals surface area (Å²) in [7, 11) is 0. The summed E-state index contributed by atoms with van der Waals surface area (Å²) in [5.41, 5.74) is 0. The molecule has 1 fully saturated rings. The van der Waals surface area contributed by atoms with Crippen molar-refractivity contribution in [3.63, 3.8) is 0 Å². The molecule has 8 N–H and O–H groups in total. The molecule has 9 atom stereocenters. The van der Waals surface area contributed by atoms with Crippen LogP contribution in [0.2, 0.25) is 0 Å². The van der Waals surface area contributed by atoms with Crippen LogP contribution in [-0.4, -0.2) is 110 Å². The van der Waals surface area contributed by atoms with E-state index in [4.69, 9.17) is 9.47 Å². The van der Waals surface area contributed by atoms with Crippen LogP contribution in [0.1, 0.15) is 322 Å². The van der Waals surface area contributed by atoms with Gasteiger partial charge < -0.3 is 50.5 Å². The Balaban J connectivity index is 2.18. The molecule has 0 aliphatic carbocycles. The van der Waals surface area contributed by atoms with Crippen molar-refractivity contribution in [1.29, 1.82) is 0 Å². The number of hydrogen-bond acceptors (Lipinski definition) is 10. The monoisotopic (exact) mass is 1120 g/mol. The Hall–Kier alpha value is -1.67. The third-order valence-corrected chi connectivity index (χ3v) is 16.4. The predicted molar refractivity (Wildman–Crippen MR) is 330 cm³/mol. The maximum absolute atomic E-state index is 13.2. The number of aliphatic hydroxyl groups excluding tert-OH is 7. The molecule has 1 saturated heterocycles. The van der Waals surface area contributed by atoms with E-state index in [-0.39, 0.29) is 12.8 Å². The lowest BCUT2D eigenvalue weighted by Crippen LogP contribution is -2.60. The number of unbranched alkanes of at least 4 members (excludes halogenated alkanes) is 41. The summed E-state index contributed by atoms with van der Waals surface area (Å²) in [4.78, 5) is 13.2. The zero-order valence-electron chi connectivity index (χ0n) is 51.4. The van der Waals surface area contributed by atoms with Crippen molar-refractivity contribution < 1.29 is 50.0 Å². The van der Waals surface area contributed by atoms with Crippen LogP contribution in [0.15, 0.2) is 36.5 Å². The summed E-state index contributed by atoms with van der Waals surface area (Å²) in [5, 5.41) is 76.3. The number of aliphatic hydroxyl groups is 7. The number of carbonyl (C=O) groups is 1. The Kier molecular flexibility index (Phi) is 54.2. The van der Waals surface area contributed by atoms with Gasteiger partial charge in [0.25, 0.3) is 0 Å². The molecule has 0 saturated carbocycles. The standard InChI is InChI=1S/C68H129NO10/c1-3-5-7-9-11-13-15-17-19-21-23-24-25-26-27-28-29-30-31-32-33-34-35-36-37-38-40-42-44-46-48-50-52-54-56-61(72)67(77)69-59(58-78-68-66(76)65(75)64(74)62(57-70)79-68)63(73)60(71)55-53-51-49-47-45-43-41-39-22-20-18-16-14-12-10-8-6-4-2/h16,18,39,41,47,49,59-66,68,70-76H,3-15,17,19-38,40,42-46,48,50-58H2,1-2H3,(H,69,77)/b18-16+,41-39+,49-47+. The first-order chi connectivity index (χ1) is 38.7. The number of ether oxygens (including phenoxy) is 2. The lowest BCUT2D eigenvalue weighted by Gasteiger charge is -2.40. The minimum absolute atomic E-state index is 0.242. The van der Waals surface area contributed by atoms with Gasteiger partial charge >= 0.3 is 0 Å². The molecule has 0 bridgehead atoms. The lowest BCUT2D eigenvalue weighted by atomic mass is 9.98. The Morgan fingerprint density at radius 2 is 0.759 bits per heavy atom. The summed E-state index contributed by atoms with van der Waals surface area (Å²) in [6, 6.07) is -1.19. The van der Waals surface area contributed by atoms with Crippen LogP contribution in [0.3, 0.4) is 0 Å². The number of amides is 1. The molecular formula is C68H129NO10. The van der Waals surface area contributed by atoms with Gasteiger partial charge in [0.15, 0.2) is 6.29 Å². The second kappa shape index (κ2) is 56.8. The van der Waals surface area contributed by atoms with Crippen molar-refractivity contribution in [3.8, 4) is 0 Å². The molecule has 1 aliphatic rings. The molecule has 11 heteroatoms. The number of hydrogen-bond donors (Lipinski definition) is 8. The third kappa shape index (κ3) is 44.5. The summed E-state index contributed by atoms with van der Waals surface area (Å²) < 4.78 is 11.2. The fourth-order valence-electron chi connectivity index (χ4n) is 10.9. The van der Waals surface area contributed by atoms with Crippen LogP contribution >= 0.6 is 0 Å². The second-order valence-electron chi connectivity index (χ2n) is 23.9. The van der Waals surface area contributed by atoms with E-state index >= 15 is 0 Å². The lowest BCUT2D eigenvalue weighted by molar-refractivity contribution is -0.303. The molecule has 1 heterocycles. The second-order valence-corrected chi connectivity index (χ2v) is 23.9. The van der Waals surface area contributed by atoms with E-state index in [2.05, 4.69) is 55.6 Å². The van der Waals surface area contributed by atoms with Gasteiger partial charge in [0.2, 0.25) is 5.91 Å². The van der Waals surface area contributed by atoms with Gasteiger partial charge in [0, 0.05) is 0 Å². The first-order valence-electron chi connectivity index (χ1n) is 33.9. The largest absolute Gasteiger partial charge is 0.394 e. The van der Waals surface area contributed by atoms with E-state index < -0.39 is 74.2 Å².